The van der Waals surface area contributed by atoms with E-state index in [2.05, 4.69) is 39.6 Å². The Morgan fingerprint density at radius 3 is 2.00 bits per heavy atom. The number of benzene rings is 1. The van der Waals surface area contributed by atoms with E-state index in [1.807, 2.05) is 46.1 Å². The van der Waals surface area contributed by atoms with E-state index in [1.165, 1.54) is 23.5 Å². The molecule has 0 amide bonds. The molecule has 0 spiro atoms. The SMILES string of the molecule is CC.CC.CSc1ccc(F)cc1-c1cc2ccc(OCCOCCOCCOCCOC(=O)CC(C)(C)CC(C)(C)C)nc2sc1=S. The summed E-state index contributed by atoms with van der Waals surface area (Å²) in [6.45, 7) is 21.7. The molecule has 0 aliphatic heterocycles. The van der Waals surface area contributed by atoms with E-state index in [1.54, 1.807) is 23.9 Å². The van der Waals surface area contributed by atoms with Crippen molar-refractivity contribution in [3.63, 3.8) is 0 Å². The van der Waals surface area contributed by atoms with E-state index in [0.29, 0.717) is 62.4 Å². The number of hydrogen-bond donors (Lipinski definition) is 0. The summed E-state index contributed by atoms with van der Waals surface area (Å²) in [5.74, 6) is 0.00612. The molecule has 0 bridgehead atoms. The molecule has 1 aromatic carbocycles. The molecule has 3 rings (SSSR count). The van der Waals surface area contributed by atoms with E-state index in [4.69, 9.17) is 35.9 Å². The van der Waals surface area contributed by atoms with Gasteiger partial charge in [-0.15, -0.1) is 23.1 Å². The summed E-state index contributed by atoms with van der Waals surface area (Å²) >= 11 is 8.57. The molecule has 0 N–H and O–H groups in total. The zero-order valence-corrected chi connectivity index (χ0v) is 33.0. The summed E-state index contributed by atoms with van der Waals surface area (Å²) < 4.78 is 42.2. The second-order valence-electron chi connectivity index (χ2n) is 12.3. The van der Waals surface area contributed by atoms with Crippen molar-refractivity contribution in [1.29, 1.82) is 0 Å². The predicted octanol–water partition coefficient (Wildman–Crippen LogP) is 10.4. The number of pyridine rings is 1. The number of nitrogens with zero attached hydrogens (tertiary/aromatic N) is 1. The van der Waals surface area contributed by atoms with Crippen LogP contribution in [0.15, 0.2) is 41.3 Å². The Balaban J connectivity index is 0.00000277. The Kier molecular flexibility index (Phi) is 21.3. The van der Waals surface area contributed by atoms with Gasteiger partial charge in [0.15, 0.2) is 0 Å². The molecule has 3 aromatic rings. The summed E-state index contributed by atoms with van der Waals surface area (Å²) in [6.07, 6.45) is 3.30. The van der Waals surface area contributed by atoms with Crippen LogP contribution in [0.4, 0.5) is 4.39 Å². The highest BCUT2D eigenvalue weighted by Gasteiger charge is 2.28. The van der Waals surface area contributed by atoms with Gasteiger partial charge >= 0.3 is 5.97 Å². The molecule has 0 radical (unpaired) electrons. The van der Waals surface area contributed by atoms with E-state index in [0.717, 1.165) is 32.7 Å². The Labute approximate surface area is 301 Å². The fourth-order valence-electron chi connectivity index (χ4n) is 5.04. The molecule has 48 heavy (non-hydrogen) atoms. The fraction of sp³-hybridized carbons (Fsp3) is 0.595. The molecule has 0 aliphatic rings. The Bertz CT molecular complexity index is 1420. The highest BCUT2D eigenvalue weighted by Crippen LogP contribution is 2.37. The van der Waals surface area contributed by atoms with E-state index in [-0.39, 0.29) is 29.2 Å². The van der Waals surface area contributed by atoms with Crippen LogP contribution in [-0.4, -0.2) is 70.1 Å². The van der Waals surface area contributed by atoms with E-state index in [9.17, 15) is 9.18 Å². The molecular formula is C37H56FNO6S3. The third-order valence-corrected chi connectivity index (χ3v) is 8.56. The summed E-state index contributed by atoms with van der Waals surface area (Å²) in [6, 6.07) is 10.5. The number of hydrogen-bond acceptors (Lipinski definition) is 10. The zero-order chi connectivity index (χ0) is 36.2. The molecular weight excluding hydrogens is 670 g/mol. The van der Waals surface area contributed by atoms with E-state index < -0.39 is 0 Å². The van der Waals surface area contributed by atoms with Crippen molar-refractivity contribution in [2.75, 3.05) is 59.1 Å². The minimum Gasteiger partial charge on any atom is -0.475 e. The minimum atomic E-state index is -0.292. The third kappa shape index (κ3) is 17.0. The van der Waals surface area contributed by atoms with Gasteiger partial charge in [-0.3, -0.25) is 4.79 Å². The molecule has 0 unspecified atom stereocenters. The molecule has 2 aromatic heterocycles. The van der Waals surface area contributed by atoms with Crippen LogP contribution in [-0.2, 0) is 23.7 Å². The number of fused-ring (bicyclic) bond motifs is 1. The number of ether oxygens (including phenoxy) is 5. The molecule has 0 aliphatic carbocycles. The van der Waals surface area contributed by atoms with Crippen LogP contribution in [0.2, 0.25) is 0 Å². The number of carbonyl (C=O) groups is 1. The number of rotatable bonds is 18. The maximum atomic E-state index is 14.0. The Morgan fingerprint density at radius 2 is 1.42 bits per heavy atom. The van der Waals surface area contributed by atoms with Gasteiger partial charge < -0.3 is 23.7 Å². The standard InChI is InChI=1S/C33H44FNO6S3.2C2H6/c1-32(2,3)22-33(4,5)21-29(36)41-18-16-39-14-12-37-11-13-38-15-17-40-28-10-7-23-19-26(31(42)44-30(23)35-28)25-20-24(34)8-9-27(25)43-6;2*1-2/h7-10,19-20H,11-18,21-22H2,1-6H3;2*1-2H3. The summed E-state index contributed by atoms with van der Waals surface area (Å²) in [5.41, 5.74) is 1.68. The first-order chi connectivity index (χ1) is 22.9. The van der Waals surface area contributed by atoms with Gasteiger partial charge in [-0.1, -0.05) is 74.5 Å². The van der Waals surface area contributed by atoms with Crippen LogP contribution in [0.3, 0.4) is 0 Å². The van der Waals surface area contributed by atoms with Gasteiger partial charge in [0, 0.05) is 27.5 Å². The van der Waals surface area contributed by atoms with Crippen LogP contribution < -0.4 is 4.74 Å². The largest absolute Gasteiger partial charge is 0.475 e. The van der Waals surface area contributed by atoms with Gasteiger partial charge in [0.25, 0.3) is 0 Å². The number of carbonyl (C=O) groups excluding carboxylic acids is 1. The lowest BCUT2D eigenvalue weighted by Gasteiger charge is -2.31. The van der Waals surface area contributed by atoms with Gasteiger partial charge in [-0.25, -0.2) is 9.37 Å². The van der Waals surface area contributed by atoms with Crippen molar-refractivity contribution < 1.29 is 32.9 Å². The van der Waals surface area contributed by atoms with Gasteiger partial charge in [0.05, 0.1) is 49.9 Å². The first-order valence-electron chi connectivity index (χ1n) is 16.7. The van der Waals surface area contributed by atoms with Crippen LogP contribution in [0.1, 0.15) is 75.2 Å². The van der Waals surface area contributed by atoms with Crippen molar-refractivity contribution in [2.24, 2.45) is 10.8 Å². The van der Waals surface area contributed by atoms with Crippen LogP contribution >= 0.6 is 35.3 Å². The van der Waals surface area contributed by atoms with Gasteiger partial charge in [0.1, 0.15) is 23.9 Å². The smallest absolute Gasteiger partial charge is 0.306 e. The number of thioether (sulfide) groups is 1. The molecule has 7 nitrogen and oxygen atoms in total. The Hall–Kier alpha value is -2.15. The second kappa shape index (κ2) is 23.3. The van der Waals surface area contributed by atoms with Crippen molar-refractivity contribution in [1.82, 2.24) is 4.98 Å². The van der Waals surface area contributed by atoms with Gasteiger partial charge in [-0.2, -0.15) is 0 Å². The van der Waals surface area contributed by atoms with Crippen LogP contribution in [0.5, 0.6) is 5.88 Å². The molecule has 270 valence electrons. The van der Waals surface area contributed by atoms with Crippen molar-refractivity contribution >= 4 is 51.5 Å². The normalized spacial score (nSPS) is 11.3. The average Bonchev–Trinajstić information content (AvgIpc) is 3.03. The van der Waals surface area contributed by atoms with Crippen LogP contribution in [0.25, 0.3) is 21.3 Å². The van der Waals surface area contributed by atoms with Crippen molar-refractivity contribution in [3.05, 3.63) is 46.0 Å². The summed E-state index contributed by atoms with van der Waals surface area (Å²) in [4.78, 5) is 18.4. The molecule has 0 fully saturated rings. The summed E-state index contributed by atoms with van der Waals surface area (Å²) in [5, 5.41) is 0.913. The second-order valence-corrected chi connectivity index (χ2v) is 14.8. The highest BCUT2D eigenvalue weighted by molar-refractivity contribution is 7.98. The molecule has 0 saturated heterocycles. The first-order valence-corrected chi connectivity index (χ1v) is 19.1. The maximum absolute atomic E-state index is 14.0. The monoisotopic (exact) mass is 725 g/mol. The lowest BCUT2D eigenvalue weighted by Crippen LogP contribution is -2.25. The van der Waals surface area contributed by atoms with Gasteiger partial charge in [0.2, 0.25) is 5.88 Å². The topological polar surface area (TPSA) is 76.1 Å². The highest BCUT2D eigenvalue weighted by atomic mass is 32.2. The van der Waals surface area contributed by atoms with E-state index >= 15 is 0 Å². The molecule has 0 saturated carbocycles. The van der Waals surface area contributed by atoms with Crippen molar-refractivity contribution in [2.45, 2.75) is 80.1 Å². The maximum Gasteiger partial charge on any atom is 0.306 e. The molecule has 0 atom stereocenters. The number of aromatic nitrogens is 1. The zero-order valence-electron chi connectivity index (χ0n) is 30.5. The quantitative estimate of drug-likeness (QED) is 0.0551. The molecule has 11 heteroatoms. The van der Waals surface area contributed by atoms with Crippen molar-refractivity contribution in [3.8, 4) is 17.0 Å². The van der Waals surface area contributed by atoms with Crippen LogP contribution in [0, 0.1) is 20.5 Å². The Morgan fingerprint density at radius 1 is 0.833 bits per heavy atom. The minimum absolute atomic E-state index is 0.0988. The lowest BCUT2D eigenvalue weighted by atomic mass is 9.74. The third-order valence-electron chi connectivity index (χ3n) is 6.37. The fourth-order valence-corrected chi connectivity index (χ4v) is 6.88. The lowest BCUT2D eigenvalue weighted by molar-refractivity contribution is -0.148. The average molecular weight is 726 g/mol. The molecule has 2 heterocycles. The predicted molar refractivity (Wildman–Crippen MR) is 202 cm³/mol. The first kappa shape index (κ1) is 43.9. The number of esters is 1. The summed E-state index contributed by atoms with van der Waals surface area (Å²) in [7, 11) is 0. The van der Waals surface area contributed by atoms with Gasteiger partial charge in [-0.05, 0) is 53.8 Å². The number of halogens is 1.